The van der Waals surface area contributed by atoms with E-state index < -0.39 is 0 Å². The zero-order chi connectivity index (χ0) is 15.6. The van der Waals surface area contributed by atoms with Gasteiger partial charge < -0.3 is 5.32 Å². The second-order valence-electron chi connectivity index (χ2n) is 5.74. The molecule has 0 amide bonds. The van der Waals surface area contributed by atoms with E-state index in [0.29, 0.717) is 0 Å². The van der Waals surface area contributed by atoms with Crippen LogP contribution in [-0.4, -0.2) is 45.4 Å². The van der Waals surface area contributed by atoms with Crippen molar-refractivity contribution >= 4 is 5.65 Å². The van der Waals surface area contributed by atoms with Crippen LogP contribution >= 0.6 is 0 Å². The molecule has 1 fully saturated rings. The van der Waals surface area contributed by atoms with Crippen LogP contribution in [0.4, 0.5) is 4.39 Å². The van der Waals surface area contributed by atoms with Gasteiger partial charge in [-0.2, -0.15) is 0 Å². The Labute approximate surface area is 133 Å². The number of halogens is 1. The fourth-order valence-electron chi connectivity index (χ4n) is 3.04. The number of rotatable bonds is 3. The lowest BCUT2D eigenvalue weighted by Crippen LogP contribution is -2.43. The minimum absolute atomic E-state index is 0.252. The molecule has 5 nitrogen and oxygen atoms in total. The predicted octanol–water partition coefficient (Wildman–Crippen LogP) is 1.94. The normalized spacial score (nSPS) is 16.0. The summed E-state index contributed by atoms with van der Waals surface area (Å²) in [5.74, 6) is -0.252. The first kappa shape index (κ1) is 14.3. The Hall–Kier alpha value is -2.31. The van der Waals surface area contributed by atoms with Crippen molar-refractivity contribution in [2.75, 3.05) is 26.2 Å². The van der Waals surface area contributed by atoms with E-state index in [-0.39, 0.29) is 5.82 Å². The molecule has 6 heteroatoms. The van der Waals surface area contributed by atoms with Crippen molar-refractivity contribution in [2.24, 2.45) is 0 Å². The van der Waals surface area contributed by atoms with Crippen LogP contribution in [0.3, 0.4) is 0 Å². The first-order chi connectivity index (χ1) is 11.3. The van der Waals surface area contributed by atoms with Gasteiger partial charge in [0.15, 0.2) is 0 Å². The molecule has 0 radical (unpaired) electrons. The molecule has 0 unspecified atom stereocenters. The monoisotopic (exact) mass is 311 g/mol. The predicted molar refractivity (Wildman–Crippen MR) is 86.5 cm³/mol. The van der Waals surface area contributed by atoms with Gasteiger partial charge in [-0.15, -0.1) is 0 Å². The topological polar surface area (TPSA) is 45.5 Å². The van der Waals surface area contributed by atoms with Crippen molar-refractivity contribution in [3.05, 3.63) is 54.4 Å². The Bertz CT molecular complexity index is 808. The molecule has 1 aliphatic heterocycles. The van der Waals surface area contributed by atoms with Crippen molar-refractivity contribution < 1.29 is 4.39 Å². The summed E-state index contributed by atoms with van der Waals surface area (Å²) in [6.45, 7) is 4.69. The highest BCUT2D eigenvalue weighted by atomic mass is 19.1. The Morgan fingerprint density at radius 3 is 2.65 bits per heavy atom. The molecule has 4 rings (SSSR count). The number of nitrogens with zero attached hydrogens (tertiary/aromatic N) is 4. The Morgan fingerprint density at radius 2 is 1.87 bits per heavy atom. The number of hydrogen-bond donors (Lipinski definition) is 1. The molecule has 3 aromatic heterocycles. The van der Waals surface area contributed by atoms with Gasteiger partial charge >= 0.3 is 0 Å². The number of nitrogens with one attached hydrogen (secondary N) is 1. The molecule has 0 aromatic carbocycles. The maximum absolute atomic E-state index is 13.7. The Balaban J connectivity index is 1.82. The first-order valence-electron chi connectivity index (χ1n) is 7.81. The van der Waals surface area contributed by atoms with Gasteiger partial charge in [0, 0.05) is 56.9 Å². The van der Waals surface area contributed by atoms with Gasteiger partial charge in [-0.3, -0.25) is 14.3 Å². The lowest BCUT2D eigenvalue weighted by atomic mass is 10.1. The second kappa shape index (κ2) is 6.06. The molecule has 1 aliphatic rings. The average Bonchev–Trinajstić information content (AvgIpc) is 2.95. The van der Waals surface area contributed by atoms with E-state index in [1.165, 1.54) is 12.3 Å². The van der Waals surface area contributed by atoms with E-state index in [0.717, 1.165) is 55.3 Å². The fourth-order valence-corrected chi connectivity index (χ4v) is 3.04. The number of hydrogen-bond acceptors (Lipinski definition) is 4. The molecule has 1 N–H and O–H groups in total. The van der Waals surface area contributed by atoms with Crippen molar-refractivity contribution in [1.82, 2.24) is 24.6 Å². The van der Waals surface area contributed by atoms with Crippen molar-refractivity contribution in [3.63, 3.8) is 0 Å². The number of piperazine rings is 1. The van der Waals surface area contributed by atoms with Crippen LogP contribution in [0, 0.1) is 5.82 Å². The molecule has 0 saturated carbocycles. The average molecular weight is 311 g/mol. The van der Waals surface area contributed by atoms with Gasteiger partial charge in [0.1, 0.15) is 11.5 Å². The highest BCUT2D eigenvalue weighted by molar-refractivity contribution is 5.66. The summed E-state index contributed by atoms with van der Waals surface area (Å²) in [5, 5.41) is 3.35. The summed E-state index contributed by atoms with van der Waals surface area (Å²) in [6.07, 6.45) is 5.04. The van der Waals surface area contributed by atoms with Crippen LogP contribution in [0.5, 0.6) is 0 Å². The minimum Gasteiger partial charge on any atom is -0.314 e. The van der Waals surface area contributed by atoms with Crippen LogP contribution in [0.2, 0.25) is 0 Å². The van der Waals surface area contributed by atoms with E-state index in [1.54, 1.807) is 18.5 Å². The molecule has 23 heavy (non-hydrogen) atoms. The minimum atomic E-state index is -0.252. The van der Waals surface area contributed by atoms with Crippen molar-refractivity contribution in [3.8, 4) is 11.3 Å². The molecule has 4 heterocycles. The summed E-state index contributed by atoms with van der Waals surface area (Å²) in [6, 6.07) is 7.06. The van der Waals surface area contributed by atoms with Crippen LogP contribution in [0.1, 0.15) is 5.69 Å². The number of fused-ring (bicyclic) bond motifs is 1. The third-order valence-electron chi connectivity index (χ3n) is 4.22. The molecular weight excluding hydrogens is 293 g/mol. The molecule has 0 atom stereocenters. The molecule has 0 spiro atoms. The van der Waals surface area contributed by atoms with Crippen LogP contribution in [0.25, 0.3) is 16.9 Å². The summed E-state index contributed by atoms with van der Waals surface area (Å²) in [7, 11) is 0. The zero-order valence-electron chi connectivity index (χ0n) is 12.7. The standard InChI is InChI=1S/C17H18FN5/c18-14-1-2-16-21-17(13-3-5-19-6-4-13)15(23(16)11-14)12-22-9-7-20-8-10-22/h1-6,11,20H,7-10,12H2. The smallest absolute Gasteiger partial charge is 0.139 e. The molecular formula is C17H18FN5. The van der Waals surface area contributed by atoms with Crippen LogP contribution in [0.15, 0.2) is 42.9 Å². The maximum atomic E-state index is 13.7. The van der Waals surface area contributed by atoms with Crippen molar-refractivity contribution in [1.29, 1.82) is 0 Å². The first-order valence-corrected chi connectivity index (χ1v) is 7.81. The summed E-state index contributed by atoms with van der Waals surface area (Å²) >= 11 is 0. The Morgan fingerprint density at radius 1 is 1.09 bits per heavy atom. The number of imidazole rings is 1. The van der Waals surface area contributed by atoms with Crippen LogP contribution < -0.4 is 5.32 Å². The molecule has 0 bridgehead atoms. The molecule has 1 saturated heterocycles. The SMILES string of the molecule is Fc1ccc2nc(-c3ccncc3)c(CN3CCNCC3)n2c1. The summed E-state index contributed by atoms with van der Waals surface area (Å²) in [4.78, 5) is 11.2. The van der Waals surface area contributed by atoms with Crippen LogP contribution in [-0.2, 0) is 6.54 Å². The summed E-state index contributed by atoms with van der Waals surface area (Å²) < 4.78 is 15.6. The molecule has 118 valence electrons. The second-order valence-corrected chi connectivity index (χ2v) is 5.74. The lowest BCUT2D eigenvalue weighted by molar-refractivity contribution is 0.230. The Kier molecular flexibility index (Phi) is 3.77. The van der Waals surface area contributed by atoms with Gasteiger partial charge in [0.2, 0.25) is 0 Å². The number of aromatic nitrogens is 3. The zero-order valence-corrected chi connectivity index (χ0v) is 12.7. The highest BCUT2D eigenvalue weighted by Crippen LogP contribution is 2.25. The maximum Gasteiger partial charge on any atom is 0.139 e. The number of pyridine rings is 2. The highest BCUT2D eigenvalue weighted by Gasteiger charge is 2.18. The van der Waals surface area contributed by atoms with E-state index in [1.807, 2.05) is 16.5 Å². The summed E-state index contributed by atoms with van der Waals surface area (Å²) in [5.41, 5.74) is 3.70. The van der Waals surface area contributed by atoms with Gasteiger partial charge in [0.05, 0.1) is 11.4 Å². The van der Waals surface area contributed by atoms with Crippen molar-refractivity contribution in [2.45, 2.75) is 6.54 Å². The van der Waals surface area contributed by atoms with E-state index in [2.05, 4.69) is 15.2 Å². The van der Waals surface area contributed by atoms with E-state index in [9.17, 15) is 4.39 Å². The lowest BCUT2D eigenvalue weighted by Gasteiger charge is -2.27. The third-order valence-corrected chi connectivity index (χ3v) is 4.22. The van der Waals surface area contributed by atoms with Gasteiger partial charge in [-0.05, 0) is 24.3 Å². The van der Waals surface area contributed by atoms with Gasteiger partial charge in [-0.25, -0.2) is 9.37 Å². The quantitative estimate of drug-likeness (QED) is 0.803. The largest absolute Gasteiger partial charge is 0.314 e. The molecule has 0 aliphatic carbocycles. The van der Waals surface area contributed by atoms with E-state index >= 15 is 0 Å². The molecule has 3 aromatic rings. The van der Waals surface area contributed by atoms with Gasteiger partial charge in [0.25, 0.3) is 0 Å². The van der Waals surface area contributed by atoms with Gasteiger partial charge in [-0.1, -0.05) is 0 Å². The third kappa shape index (κ3) is 2.83. The fraction of sp³-hybridized carbons (Fsp3) is 0.294. The van der Waals surface area contributed by atoms with E-state index in [4.69, 9.17) is 4.98 Å².